The van der Waals surface area contributed by atoms with Gasteiger partial charge in [-0.15, -0.1) is 0 Å². The summed E-state index contributed by atoms with van der Waals surface area (Å²) in [6.07, 6.45) is 2.49. The molecule has 1 unspecified atom stereocenters. The van der Waals surface area contributed by atoms with Crippen LogP contribution in [0.25, 0.3) is 0 Å². The fourth-order valence-corrected chi connectivity index (χ4v) is 2.84. The summed E-state index contributed by atoms with van der Waals surface area (Å²) in [6.45, 7) is 17.4. The Hall–Kier alpha value is -0.120. The molecule has 3 heteroatoms. The van der Waals surface area contributed by atoms with E-state index in [0.717, 1.165) is 19.7 Å². The number of rotatable bonds is 5. The Kier molecular flexibility index (Phi) is 5.63. The minimum absolute atomic E-state index is 0.359. The molecule has 1 heterocycles. The summed E-state index contributed by atoms with van der Waals surface area (Å²) in [5.41, 5.74) is 4.29. The van der Waals surface area contributed by atoms with E-state index in [1.807, 2.05) is 0 Å². The van der Waals surface area contributed by atoms with Gasteiger partial charge in [0.15, 0.2) is 0 Å². The lowest BCUT2D eigenvalue weighted by Gasteiger charge is -2.34. The van der Waals surface area contributed by atoms with Gasteiger partial charge in [0.05, 0.1) is 6.61 Å². The Morgan fingerprint density at radius 1 is 1.28 bits per heavy atom. The van der Waals surface area contributed by atoms with Crippen LogP contribution in [0.5, 0.6) is 0 Å². The van der Waals surface area contributed by atoms with Gasteiger partial charge in [-0.3, -0.25) is 5.43 Å². The lowest BCUT2D eigenvalue weighted by molar-refractivity contribution is -0.0243. The fourth-order valence-electron chi connectivity index (χ4n) is 2.84. The van der Waals surface area contributed by atoms with Gasteiger partial charge in [-0.2, -0.15) is 0 Å². The van der Waals surface area contributed by atoms with E-state index in [9.17, 15) is 0 Å². The molecule has 0 aliphatic carbocycles. The minimum atomic E-state index is 0.359. The Morgan fingerprint density at radius 2 is 1.94 bits per heavy atom. The number of hydrogen-bond donors (Lipinski definition) is 1. The van der Waals surface area contributed by atoms with E-state index in [0.29, 0.717) is 23.5 Å². The average molecular weight is 256 g/mol. The molecule has 0 aromatic rings. The zero-order valence-electron chi connectivity index (χ0n) is 13.2. The molecule has 0 spiro atoms. The van der Waals surface area contributed by atoms with Crippen LogP contribution in [0.2, 0.25) is 0 Å². The Labute approximate surface area is 113 Å². The monoisotopic (exact) mass is 256 g/mol. The lowest BCUT2D eigenvalue weighted by atomic mass is 9.73. The van der Waals surface area contributed by atoms with Crippen molar-refractivity contribution in [2.24, 2.45) is 16.7 Å². The van der Waals surface area contributed by atoms with E-state index >= 15 is 0 Å². The maximum absolute atomic E-state index is 5.76. The molecule has 0 bridgehead atoms. The Morgan fingerprint density at radius 3 is 2.50 bits per heavy atom. The van der Waals surface area contributed by atoms with Gasteiger partial charge < -0.3 is 4.74 Å². The largest absolute Gasteiger partial charge is 0.365 e. The maximum Gasteiger partial charge on any atom is 0.112 e. The van der Waals surface area contributed by atoms with Crippen molar-refractivity contribution in [3.8, 4) is 0 Å². The van der Waals surface area contributed by atoms with Crippen LogP contribution in [-0.2, 0) is 4.74 Å². The topological polar surface area (TPSA) is 24.5 Å². The first-order valence-electron chi connectivity index (χ1n) is 7.32. The summed E-state index contributed by atoms with van der Waals surface area (Å²) in [7, 11) is 0. The van der Waals surface area contributed by atoms with Crippen LogP contribution in [0.15, 0.2) is 0 Å². The highest BCUT2D eigenvalue weighted by Gasteiger charge is 2.36. The second-order valence-corrected chi connectivity index (χ2v) is 7.43. The third-order valence-corrected chi connectivity index (χ3v) is 3.81. The number of nitrogens with zero attached hydrogens (tertiary/aromatic N) is 1. The van der Waals surface area contributed by atoms with Crippen molar-refractivity contribution >= 4 is 0 Å². The number of hydrazine groups is 1. The lowest BCUT2D eigenvalue weighted by Crippen LogP contribution is -2.44. The van der Waals surface area contributed by atoms with Gasteiger partial charge in [-0.25, -0.2) is 5.01 Å². The van der Waals surface area contributed by atoms with Gasteiger partial charge in [0.2, 0.25) is 0 Å². The zero-order valence-corrected chi connectivity index (χ0v) is 13.2. The molecule has 1 saturated heterocycles. The van der Waals surface area contributed by atoms with E-state index in [1.165, 1.54) is 12.8 Å². The molecular weight excluding hydrogens is 224 g/mol. The second kappa shape index (κ2) is 6.36. The van der Waals surface area contributed by atoms with Crippen molar-refractivity contribution < 1.29 is 4.74 Å². The summed E-state index contributed by atoms with van der Waals surface area (Å²) in [5.74, 6) is 0.603. The van der Waals surface area contributed by atoms with Crippen molar-refractivity contribution in [2.75, 3.05) is 26.4 Å². The molecule has 1 atom stereocenters. The standard InChI is InChI=1S/C15H32N2O/c1-7-15(6)9-14(4,5)10-16-17(11-15)12-18-8-13(2)3/h13,16H,7-12H2,1-6H3. The van der Waals surface area contributed by atoms with Crippen LogP contribution in [0.1, 0.15) is 54.4 Å². The summed E-state index contributed by atoms with van der Waals surface area (Å²) in [6, 6.07) is 0. The minimum Gasteiger partial charge on any atom is -0.365 e. The summed E-state index contributed by atoms with van der Waals surface area (Å²) < 4.78 is 5.76. The van der Waals surface area contributed by atoms with E-state index in [4.69, 9.17) is 4.74 Å². The highest BCUT2D eigenvalue weighted by atomic mass is 16.5. The summed E-state index contributed by atoms with van der Waals surface area (Å²) >= 11 is 0. The molecular formula is C15H32N2O. The molecule has 0 amide bonds. The maximum atomic E-state index is 5.76. The van der Waals surface area contributed by atoms with Gasteiger partial charge in [-0.05, 0) is 29.6 Å². The van der Waals surface area contributed by atoms with Gasteiger partial charge in [-0.1, -0.05) is 41.5 Å². The van der Waals surface area contributed by atoms with Gasteiger partial charge in [0.1, 0.15) is 6.73 Å². The zero-order chi connectivity index (χ0) is 13.8. The molecule has 1 rings (SSSR count). The molecule has 0 radical (unpaired) electrons. The molecule has 1 aliphatic rings. The SMILES string of the molecule is CCC1(C)CN(COCC(C)C)NCC(C)(C)C1. The van der Waals surface area contributed by atoms with E-state index in [1.54, 1.807) is 0 Å². The first-order valence-corrected chi connectivity index (χ1v) is 7.32. The predicted octanol–water partition coefficient (Wildman–Crippen LogP) is 3.27. The molecule has 18 heavy (non-hydrogen) atoms. The van der Waals surface area contributed by atoms with Gasteiger partial charge in [0, 0.05) is 13.1 Å². The second-order valence-electron chi connectivity index (χ2n) is 7.43. The highest BCUT2D eigenvalue weighted by molar-refractivity contribution is 4.87. The number of hydrogen-bond acceptors (Lipinski definition) is 3. The van der Waals surface area contributed by atoms with Crippen LogP contribution in [0, 0.1) is 16.7 Å². The van der Waals surface area contributed by atoms with Crippen molar-refractivity contribution in [2.45, 2.75) is 54.4 Å². The normalized spacial score (nSPS) is 29.5. The first-order chi connectivity index (χ1) is 8.26. The van der Waals surface area contributed by atoms with Crippen LogP contribution in [-0.4, -0.2) is 31.4 Å². The average Bonchev–Trinajstić information content (AvgIpc) is 2.35. The van der Waals surface area contributed by atoms with Crippen LogP contribution in [0.4, 0.5) is 0 Å². The van der Waals surface area contributed by atoms with Crippen molar-refractivity contribution in [3.63, 3.8) is 0 Å². The van der Waals surface area contributed by atoms with Gasteiger partial charge >= 0.3 is 0 Å². The summed E-state index contributed by atoms with van der Waals surface area (Å²) in [5, 5.41) is 2.26. The van der Waals surface area contributed by atoms with E-state index in [2.05, 4.69) is 52.0 Å². The van der Waals surface area contributed by atoms with E-state index < -0.39 is 0 Å². The van der Waals surface area contributed by atoms with Gasteiger partial charge in [0.25, 0.3) is 0 Å². The van der Waals surface area contributed by atoms with E-state index in [-0.39, 0.29) is 0 Å². The molecule has 1 aliphatic heterocycles. The molecule has 0 saturated carbocycles. The Bertz CT molecular complexity index is 253. The molecule has 0 aromatic carbocycles. The quantitative estimate of drug-likeness (QED) is 0.817. The third-order valence-electron chi connectivity index (χ3n) is 3.81. The smallest absolute Gasteiger partial charge is 0.112 e. The molecule has 3 nitrogen and oxygen atoms in total. The van der Waals surface area contributed by atoms with Crippen molar-refractivity contribution in [1.82, 2.24) is 10.4 Å². The molecule has 1 fully saturated rings. The molecule has 108 valence electrons. The first kappa shape index (κ1) is 15.9. The van der Waals surface area contributed by atoms with Crippen molar-refractivity contribution in [1.29, 1.82) is 0 Å². The van der Waals surface area contributed by atoms with Crippen LogP contribution < -0.4 is 5.43 Å². The van der Waals surface area contributed by atoms with Crippen molar-refractivity contribution in [3.05, 3.63) is 0 Å². The fraction of sp³-hybridized carbons (Fsp3) is 1.00. The Balaban J connectivity index is 2.54. The number of ether oxygens (including phenoxy) is 1. The van der Waals surface area contributed by atoms with Crippen LogP contribution >= 0.6 is 0 Å². The summed E-state index contributed by atoms with van der Waals surface area (Å²) in [4.78, 5) is 0. The number of nitrogens with one attached hydrogen (secondary N) is 1. The molecule has 0 aromatic heterocycles. The molecule has 1 N–H and O–H groups in total. The predicted molar refractivity (Wildman–Crippen MR) is 77.2 cm³/mol. The third kappa shape index (κ3) is 5.25. The van der Waals surface area contributed by atoms with Crippen LogP contribution in [0.3, 0.4) is 0 Å². The highest BCUT2D eigenvalue weighted by Crippen LogP contribution is 2.38.